The molecule has 1 aliphatic heterocycles. The molecule has 20 heavy (non-hydrogen) atoms. The van der Waals surface area contributed by atoms with E-state index in [9.17, 15) is 9.18 Å². The highest BCUT2D eigenvalue weighted by Crippen LogP contribution is 2.16. The van der Waals surface area contributed by atoms with Crippen molar-refractivity contribution in [2.45, 2.75) is 25.7 Å². The zero-order valence-electron chi connectivity index (χ0n) is 11.4. The molecule has 0 unspecified atom stereocenters. The third kappa shape index (κ3) is 3.58. The van der Waals surface area contributed by atoms with Crippen LogP contribution in [0.2, 0.25) is 0 Å². The van der Waals surface area contributed by atoms with Crippen molar-refractivity contribution in [1.82, 2.24) is 4.90 Å². The molecule has 1 aromatic rings. The molecule has 1 aromatic carbocycles. The van der Waals surface area contributed by atoms with Crippen LogP contribution in [0, 0.1) is 17.7 Å². The Hall–Kier alpha value is -1.86. The van der Waals surface area contributed by atoms with E-state index in [2.05, 4.69) is 11.8 Å². The minimum atomic E-state index is -0.506. The number of carbonyl (C=O) groups is 1. The van der Waals surface area contributed by atoms with E-state index in [0.29, 0.717) is 25.1 Å². The van der Waals surface area contributed by atoms with Crippen LogP contribution < -0.4 is 0 Å². The second-order valence-corrected chi connectivity index (χ2v) is 4.82. The van der Waals surface area contributed by atoms with E-state index >= 15 is 0 Å². The first-order valence-corrected chi connectivity index (χ1v) is 6.91. The quantitative estimate of drug-likeness (QED) is 0.840. The van der Waals surface area contributed by atoms with Crippen LogP contribution in [0.15, 0.2) is 18.2 Å². The molecule has 1 amide bonds. The van der Waals surface area contributed by atoms with Gasteiger partial charge in [0, 0.05) is 25.1 Å². The number of rotatable bonds is 2. The number of likely N-dealkylation sites (tertiary alicyclic amines) is 1. The number of nitrogens with zero attached hydrogens (tertiary/aromatic N) is 1. The molecule has 0 saturated carbocycles. The molecule has 1 heterocycles. The standard InChI is InChI=1S/C16H18FNO2/c17-15-8-7-13(6-2-5-11-19)12-14(15)16(20)18-9-3-1-4-10-18/h7-8,12,19H,1,3-5,9-11H2. The number of amides is 1. The van der Waals surface area contributed by atoms with Gasteiger partial charge in [-0.25, -0.2) is 4.39 Å². The van der Waals surface area contributed by atoms with Gasteiger partial charge in [-0.05, 0) is 37.5 Å². The minimum Gasteiger partial charge on any atom is -0.395 e. The summed E-state index contributed by atoms with van der Waals surface area (Å²) in [4.78, 5) is 14.0. The maximum Gasteiger partial charge on any atom is 0.256 e. The lowest BCUT2D eigenvalue weighted by molar-refractivity contribution is 0.0719. The Morgan fingerprint density at radius 1 is 1.30 bits per heavy atom. The molecule has 1 fully saturated rings. The van der Waals surface area contributed by atoms with Gasteiger partial charge in [0.25, 0.3) is 5.91 Å². The van der Waals surface area contributed by atoms with Crippen LogP contribution in [-0.4, -0.2) is 35.6 Å². The molecule has 1 saturated heterocycles. The summed E-state index contributed by atoms with van der Waals surface area (Å²) in [5.74, 6) is 4.83. The number of aliphatic hydroxyl groups excluding tert-OH is 1. The Kier molecular flexibility index (Phi) is 5.14. The summed E-state index contributed by atoms with van der Waals surface area (Å²) in [6.07, 6.45) is 3.44. The van der Waals surface area contributed by atoms with E-state index < -0.39 is 5.82 Å². The van der Waals surface area contributed by atoms with E-state index in [1.54, 1.807) is 11.0 Å². The maximum atomic E-state index is 13.8. The van der Waals surface area contributed by atoms with Crippen molar-refractivity contribution in [3.8, 4) is 11.8 Å². The van der Waals surface area contributed by atoms with Gasteiger partial charge < -0.3 is 10.0 Å². The number of benzene rings is 1. The third-order valence-electron chi connectivity index (χ3n) is 3.31. The van der Waals surface area contributed by atoms with Crippen LogP contribution in [0.25, 0.3) is 0 Å². The first kappa shape index (κ1) is 14.5. The molecule has 2 rings (SSSR count). The predicted octanol–water partition coefficient (Wildman–Crippen LogP) is 2.19. The minimum absolute atomic E-state index is 0.00619. The fourth-order valence-electron chi connectivity index (χ4n) is 2.25. The highest BCUT2D eigenvalue weighted by Gasteiger charge is 2.21. The van der Waals surface area contributed by atoms with Gasteiger partial charge in [0.2, 0.25) is 0 Å². The molecule has 0 aromatic heterocycles. The van der Waals surface area contributed by atoms with Gasteiger partial charge in [-0.3, -0.25) is 4.79 Å². The van der Waals surface area contributed by atoms with Gasteiger partial charge in [-0.1, -0.05) is 11.8 Å². The summed E-state index contributed by atoms with van der Waals surface area (Å²) in [5.41, 5.74) is 0.683. The lowest BCUT2D eigenvalue weighted by Crippen LogP contribution is -2.36. The molecule has 0 aliphatic carbocycles. The fraction of sp³-hybridized carbons (Fsp3) is 0.438. The summed E-state index contributed by atoms with van der Waals surface area (Å²) in [6, 6.07) is 4.32. The van der Waals surface area contributed by atoms with Crippen molar-refractivity contribution in [2.24, 2.45) is 0 Å². The van der Waals surface area contributed by atoms with E-state index in [1.165, 1.54) is 12.1 Å². The second kappa shape index (κ2) is 7.06. The highest BCUT2D eigenvalue weighted by atomic mass is 19.1. The van der Waals surface area contributed by atoms with Crippen LogP contribution in [0.4, 0.5) is 4.39 Å². The van der Waals surface area contributed by atoms with Crippen molar-refractivity contribution in [3.63, 3.8) is 0 Å². The molecule has 0 radical (unpaired) electrons. The van der Waals surface area contributed by atoms with Crippen LogP contribution >= 0.6 is 0 Å². The number of hydrogen-bond donors (Lipinski definition) is 1. The van der Waals surface area contributed by atoms with Gasteiger partial charge in [-0.15, -0.1) is 0 Å². The monoisotopic (exact) mass is 275 g/mol. The summed E-state index contributed by atoms with van der Waals surface area (Å²) >= 11 is 0. The van der Waals surface area contributed by atoms with Crippen molar-refractivity contribution in [3.05, 3.63) is 35.1 Å². The fourth-order valence-corrected chi connectivity index (χ4v) is 2.25. The normalized spacial score (nSPS) is 14.6. The van der Waals surface area contributed by atoms with E-state index in [-0.39, 0.29) is 18.1 Å². The Labute approximate surface area is 118 Å². The Balaban J connectivity index is 2.19. The SMILES string of the molecule is O=C(c1cc(C#CCCO)ccc1F)N1CCCCC1. The van der Waals surface area contributed by atoms with Gasteiger partial charge in [0.05, 0.1) is 12.2 Å². The molecule has 4 heteroatoms. The van der Waals surface area contributed by atoms with E-state index in [4.69, 9.17) is 5.11 Å². The van der Waals surface area contributed by atoms with Crippen molar-refractivity contribution in [1.29, 1.82) is 0 Å². The Morgan fingerprint density at radius 3 is 2.75 bits per heavy atom. The zero-order chi connectivity index (χ0) is 14.4. The van der Waals surface area contributed by atoms with E-state index in [1.807, 2.05) is 0 Å². The molecular weight excluding hydrogens is 257 g/mol. The zero-order valence-corrected chi connectivity index (χ0v) is 11.4. The summed E-state index contributed by atoms with van der Waals surface area (Å²) < 4.78 is 13.8. The lowest BCUT2D eigenvalue weighted by Gasteiger charge is -2.26. The maximum absolute atomic E-state index is 13.8. The summed E-state index contributed by atoms with van der Waals surface area (Å²) in [6.45, 7) is 1.38. The van der Waals surface area contributed by atoms with Crippen molar-refractivity contribution in [2.75, 3.05) is 19.7 Å². The smallest absolute Gasteiger partial charge is 0.256 e. The molecule has 0 atom stereocenters. The van der Waals surface area contributed by atoms with Crippen molar-refractivity contribution >= 4 is 5.91 Å². The summed E-state index contributed by atoms with van der Waals surface area (Å²) in [5, 5.41) is 8.68. The largest absolute Gasteiger partial charge is 0.395 e. The Morgan fingerprint density at radius 2 is 2.05 bits per heavy atom. The topological polar surface area (TPSA) is 40.5 Å². The third-order valence-corrected chi connectivity index (χ3v) is 3.31. The van der Waals surface area contributed by atoms with Crippen LogP contribution in [0.1, 0.15) is 41.6 Å². The summed E-state index contributed by atoms with van der Waals surface area (Å²) in [7, 11) is 0. The van der Waals surface area contributed by atoms with Gasteiger partial charge in [0.15, 0.2) is 0 Å². The van der Waals surface area contributed by atoms with Gasteiger partial charge >= 0.3 is 0 Å². The predicted molar refractivity (Wildman–Crippen MR) is 74.7 cm³/mol. The van der Waals surface area contributed by atoms with Crippen LogP contribution in [-0.2, 0) is 0 Å². The molecule has 0 spiro atoms. The molecule has 1 aliphatic rings. The number of halogens is 1. The number of carbonyl (C=O) groups excluding carboxylic acids is 1. The number of piperidine rings is 1. The molecule has 0 bridgehead atoms. The first-order valence-electron chi connectivity index (χ1n) is 6.91. The lowest BCUT2D eigenvalue weighted by atomic mass is 10.1. The average molecular weight is 275 g/mol. The average Bonchev–Trinajstić information content (AvgIpc) is 2.49. The Bertz CT molecular complexity index is 539. The van der Waals surface area contributed by atoms with Crippen LogP contribution in [0.5, 0.6) is 0 Å². The highest BCUT2D eigenvalue weighted by molar-refractivity contribution is 5.95. The number of hydrogen-bond acceptors (Lipinski definition) is 2. The van der Waals surface area contributed by atoms with Gasteiger partial charge in [0.1, 0.15) is 5.82 Å². The van der Waals surface area contributed by atoms with Gasteiger partial charge in [-0.2, -0.15) is 0 Å². The molecular formula is C16H18FNO2. The number of aliphatic hydroxyl groups is 1. The first-order chi connectivity index (χ1) is 9.72. The molecule has 1 N–H and O–H groups in total. The second-order valence-electron chi connectivity index (χ2n) is 4.82. The van der Waals surface area contributed by atoms with Crippen molar-refractivity contribution < 1.29 is 14.3 Å². The molecule has 106 valence electrons. The molecule has 3 nitrogen and oxygen atoms in total. The van der Waals surface area contributed by atoms with Crippen LogP contribution in [0.3, 0.4) is 0 Å². The van der Waals surface area contributed by atoms with E-state index in [0.717, 1.165) is 19.3 Å².